The van der Waals surface area contributed by atoms with Gasteiger partial charge in [-0.05, 0) is 25.5 Å². The van der Waals surface area contributed by atoms with Crippen LogP contribution in [0.4, 0.5) is 0 Å². The number of halogens is 1. The van der Waals surface area contributed by atoms with E-state index in [0.717, 1.165) is 18.4 Å². The highest BCUT2D eigenvalue weighted by atomic mass is 35.5. The Balaban J connectivity index is 2.69. The molecule has 0 radical (unpaired) electrons. The lowest BCUT2D eigenvalue weighted by atomic mass is 9.89. The van der Waals surface area contributed by atoms with Crippen molar-refractivity contribution in [2.75, 3.05) is 14.2 Å². The smallest absolute Gasteiger partial charge is 0.167 e. The average molecular weight is 305 g/mol. The largest absolute Gasteiger partial charge is 0.500 e. The van der Waals surface area contributed by atoms with Crippen LogP contribution in [0.2, 0.25) is 5.02 Å². The van der Waals surface area contributed by atoms with E-state index >= 15 is 0 Å². The Morgan fingerprint density at radius 1 is 1.19 bits per heavy atom. The van der Waals surface area contributed by atoms with Crippen LogP contribution in [0, 0.1) is 11.8 Å². The molecule has 0 aliphatic heterocycles. The van der Waals surface area contributed by atoms with E-state index in [2.05, 4.69) is 11.8 Å². The summed E-state index contributed by atoms with van der Waals surface area (Å²) in [7, 11) is 3.13. The number of hydrogen-bond acceptors (Lipinski definition) is 3. The van der Waals surface area contributed by atoms with E-state index in [-0.39, 0.29) is 5.78 Å². The Hall–Kier alpha value is -1.92. The summed E-state index contributed by atoms with van der Waals surface area (Å²) in [6, 6.07) is 3.54. The fraction of sp³-hybridized carbons (Fsp3) is 0.353. The molecule has 0 saturated heterocycles. The number of rotatable bonds is 3. The van der Waals surface area contributed by atoms with Gasteiger partial charge in [0.2, 0.25) is 0 Å². The summed E-state index contributed by atoms with van der Waals surface area (Å²) >= 11 is 6.38. The van der Waals surface area contributed by atoms with Crippen LogP contribution in [0.3, 0.4) is 0 Å². The molecule has 0 amide bonds. The van der Waals surface area contributed by atoms with Gasteiger partial charge in [-0.2, -0.15) is 0 Å². The molecular formula is C17H17ClO3. The molecule has 0 bridgehead atoms. The maximum Gasteiger partial charge on any atom is 0.167 e. The zero-order valence-corrected chi connectivity index (χ0v) is 13.1. The van der Waals surface area contributed by atoms with Gasteiger partial charge in [-0.15, -0.1) is 5.92 Å². The van der Waals surface area contributed by atoms with E-state index in [4.69, 9.17) is 21.1 Å². The second-order valence-electron chi connectivity index (χ2n) is 4.69. The van der Waals surface area contributed by atoms with E-state index in [1.807, 2.05) is 0 Å². The summed E-state index contributed by atoms with van der Waals surface area (Å²) in [6.45, 7) is 1.75. The average Bonchev–Trinajstić information content (AvgIpc) is 2.47. The number of hydrogen-bond donors (Lipinski definition) is 0. The molecule has 1 aromatic carbocycles. The number of Topliss-reactive ketones (excluding diaryl/α,β-unsaturated/α-hetero) is 1. The number of carbonyl (C=O) groups is 1. The van der Waals surface area contributed by atoms with Gasteiger partial charge in [0.05, 0.1) is 24.8 Å². The Bertz CT molecular complexity index is 663. The third kappa shape index (κ3) is 3.06. The quantitative estimate of drug-likeness (QED) is 0.796. The molecule has 0 unspecified atom stereocenters. The molecule has 0 saturated carbocycles. The number of ketones is 1. The first-order valence-corrected chi connectivity index (χ1v) is 7.11. The summed E-state index contributed by atoms with van der Waals surface area (Å²) in [6.07, 6.45) is 2.02. The van der Waals surface area contributed by atoms with Gasteiger partial charge in [-0.3, -0.25) is 4.79 Å². The zero-order chi connectivity index (χ0) is 15.4. The van der Waals surface area contributed by atoms with Gasteiger partial charge in [0.15, 0.2) is 5.78 Å². The standard InChI is InChI=1S/C17H17ClO3/c1-4-6-11-9-12(18)16(15(10-11)21-3)17-13(19)7-5-8-14(17)20-2/h9-10H,5,7-8H2,1-3H3. The van der Waals surface area contributed by atoms with E-state index in [1.165, 1.54) is 0 Å². The lowest BCUT2D eigenvalue weighted by Crippen LogP contribution is -2.13. The molecule has 1 aliphatic carbocycles. The Labute approximate surface area is 129 Å². The Kier molecular flexibility index (Phi) is 4.93. The molecule has 4 heteroatoms. The predicted octanol–water partition coefficient (Wildman–Crippen LogP) is 3.83. The fourth-order valence-electron chi connectivity index (χ4n) is 2.50. The molecule has 1 aliphatic rings. The van der Waals surface area contributed by atoms with Crippen LogP contribution in [0.15, 0.2) is 17.9 Å². The summed E-state index contributed by atoms with van der Waals surface area (Å²) in [5.41, 5.74) is 1.88. The number of carbonyl (C=O) groups excluding carboxylic acids is 1. The maximum atomic E-state index is 12.3. The molecule has 0 spiro atoms. The van der Waals surface area contributed by atoms with Gasteiger partial charge in [-0.1, -0.05) is 17.5 Å². The minimum Gasteiger partial charge on any atom is -0.500 e. The topological polar surface area (TPSA) is 35.5 Å². The second-order valence-corrected chi connectivity index (χ2v) is 5.10. The highest BCUT2D eigenvalue weighted by Gasteiger charge is 2.27. The first-order valence-electron chi connectivity index (χ1n) is 6.73. The Morgan fingerprint density at radius 2 is 1.95 bits per heavy atom. The zero-order valence-electron chi connectivity index (χ0n) is 12.4. The molecule has 0 heterocycles. The minimum absolute atomic E-state index is 0.0348. The number of ether oxygens (including phenoxy) is 2. The first-order chi connectivity index (χ1) is 10.1. The van der Waals surface area contributed by atoms with Crippen LogP contribution >= 0.6 is 11.6 Å². The van der Waals surface area contributed by atoms with Crippen LogP contribution in [-0.2, 0) is 9.53 Å². The van der Waals surface area contributed by atoms with Crippen molar-refractivity contribution in [3.05, 3.63) is 34.0 Å². The third-order valence-electron chi connectivity index (χ3n) is 3.41. The highest BCUT2D eigenvalue weighted by molar-refractivity contribution is 6.36. The number of methoxy groups -OCH3 is 2. The van der Waals surface area contributed by atoms with Crippen molar-refractivity contribution < 1.29 is 14.3 Å². The van der Waals surface area contributed by atoms with Gasteiger partial charge in [0, 0.05) is 24.0 Å². The SMILES string of the molecule is CC#Cc1cc(Cl)c(C2=C(OC)CCCC2=O)c(OC)c1. The molecule has 0 fully saturated rings. The van der Waals surface area contributed by atoms with Crippen LogP contribution in [-0.4, -0.2) is 20.0 Å². The minimum atomic E-state index is 0.0348. The van der Waals surface area contributed by atoms with E-state index in [9.17, 15) is 4.79 Å². The first kappa shape index (κ1) is 15.5. The summed E-state index contributed by atoms with van der Waals surface area (Å²) in [5.74, 6) is 7.01. The van der Waals surface area contributed by atoms with E-state index in [0.29, 0.717) is 34.1 Å². The fourth-order valence-corrected chi connectivity index (χ4v) is 2.80. The van der Waals surface area contributed by atoms with Crippen molar-refractivity contribution in [2.45, 2.75) is 26.2 Å². The molecule has 1 aromatic rings. The maximum absolute atomic E-state index is 12.3. The molecule has 21 heavy (non-hydrogen) atoms. The Morgan fingerprint density at radius 3 is 2.57 bits per heavy atom. The van der Waals surface area contributed by atoms with E-state index in [1.54, 1.807) is 33.3 Å². The van der Waals surface area contributed by atoms with Crippen molar-refractivity contribution in [1.82, 2.24) is 0 Å². The number of benzene rings is 1. The summed E-state index contributed by atoms with van der Waals surface area (Å²) < 4.78 is 10.8. The molecule has 3 nitrogen and oxygen atoms in total. The van der Waals surface area contributed by atoms with Crippen molar-refractivity contribution in [3.8, 4) is 17.6 Å². The van der Waals surface area contributed by atoms with Crippen LogP contribution < -0.4 is 4.74 Å². The normalized spacial score (nSPS) is 14.6. The van der Waals surface area contributed by atoms with Gasteiger partial charge in [0.25, 0.3) is 0 Å². The molecule has 110 valence electrons. The van der Waals surface area contributed by atoms with E-state index < -0.39 is 0 Å². The van der Waals surface area contributed by atoms with Crippen LogP contribution in [0.25, 0.3) is 5.57 Å². The second kappa shape index (κ2) is 6.69. The third-order valence-corrected chi connectivity index (χ3v) is 3.70. The number of allylic oxidation sites excluding steroid dienone is 2. The van der Waals surface area contributed by atoms with Gasteiger partial charge >= 0.3 is 0 Å². The van der Waals surface area contributed by atoms with Crippen molar-refractivity contribution in [1.29, 1.82) is 0 Å². The molecule has 0 atom stereocenters. The highest BCUT2D eigenvalue weighted by Crippen LogP contribution is 2.40. The van der Waals surface area contributed by atoms with Gasteiger partial charge < -0.3 is 9.47 Å². The monoisotopic (exact) mass is 304 g/mol. The molecule has 0 aromatic heterocycles. The molecular weight excluding hydrogens is 288 g/mol. The van der Waals surface area contributed by atoms with Crippen molar-refractivity contribution in [2.24, 2.45) is 0 Å². The van der Waals surface area contributed by atoms with Gasteiger partial charge in [-0.25, -0.2) is 0 Å². The molecule has 0 N–H and O–H groups in total. The van der Waals surface area contributed by atoms with Crippen LogP contribution in [0.1, 0.15) is 37.3 Å². The van der Waals surface area contributed by atoms with Gasteiger partial charge in [0.1, 0.15) is 11.5 Å². The summed E-state index contributed by atoms with van der Waals surface area (Å²) in [5, 5.41) is 0.451. The lowest BCUT2D eigenvalue weighted by Gasteiger charge is -2.21. The van der Waals surface area contributed by atoms with Crippen molar-refractivity contribution in [3.63, 3.8) is 0 Å². The predicted molar refractivity (Wildman–Crippen MR) is 83.3 cm³/mol. The van der Waals surface area contributed by atoms with Crippen molar-refractivity contribution >= 4 is 23.0 Å². The summed E-state index contributed by atoms with van der Waals surface area (Å²) in [4.78, 5) is 12.3. The van der Waals surface area contributed by atoms with Crippen LogP contribution in [0.5, 0.6) is 5.75 Å². The lowest BCUT2D eigenvalue weighted by molar-refractivity contribution is -0.114. The molecule has 2 rings (SSSR count).